The van der Waals surface area contributed by atoms with Crippen LogP contribution in [0.2, 0.25) is 0 Å². The predicted molar refractivity (Wildman–Crippen MR) is 80.7 cm³/mol. The van der Waals surface area contributed by atoms with Gasteiger partial charge >= 0.3 is 0 Å². The van der Waals surface area contributed by atoms with Crippen LogP contribution in [0, 0.1) is 12.3 Å². The van der Waals surface area contributed by atoms with Gasteiger partial charge in [-0.2, -0.15) is 0 Å². The lowest BCUT2D eigenvalue weighted by Gasteiger charge is -2.10. The Hall–Kier alpha value is -1.93. The second-order valence-electron chi connectivity index (χ2n) is 4.09. The normalized spacial score (nSPS) is 11.1. The second-order valence-corrected chi connectivity index (χ2v) is 4.09. The van der Waals surface area contributed by atoms with Gasteiger partial charge in [-0.15, -0.1) is 6.42 Å². The molecule has 0 unspecified atom stereocenters. The van der Waals surface area contributed by atoms with E-state index >= 15 is 0 Å². The summed E-state index contributed by atoms with van der Waals surface area (Å²) in [5.74, 6) is 4.21. The Morgan fingerprint density at radius 3 is 3.10 bits per heavy atom. The van der Waals surface area contributed by atoms with Crippen LogP contribution in [0.5, 0.6) is 0 Å². The van der Waals surface area contributed by atoms with Crippen LogP contribution in [-0.2, 0) is 11.2 Å². The van der Waals surface area contributed by atoms with E-state index in [1.807, 2.05) is 19.1 Å². The van der Waals surface area contributed by atoms with Crippen LogP contribution in [0.15, 0.2) is 27.8 Å². The van der Waals surface area contributed by atoms with Gasteiger partial charge in [0.05, 0.1) is 12.8 Å². The molecule has 110 valence electrons. The van der Waals surface area contributed by atoms with Crippen LogP contribution >= 0.6 is 0 Å². The molecule has 0 saturated carbocycles. The maximum atomic E-state index is 5.27. The van der Waals surface area contributed by atoms with Gasteiger partial charge in [0.2, 0.25) is 0 Å². The average Bonchev–Trinajstić information content (AvgIpc) is 2.97. The molecule has 20 heavy (non-hydrogen) atoms. The summed E-state index contributed by atoms with van der Waals surface area (Å²) in [6.07, 6.45) is 8.63. The molecule has 0 saturated heterocycles. The first-order valence-electron chi connectivity index (χ1n) is 6.92. The molecule has 1 aromatic rings. The summed E-state index contributed by atoms with van der Waals surface area (Å²) in [4.78, 5) is 4.44. The van der Waals surface area contributed by atoms with Crippen molar-refractivity contribution in [1.82, 2.24) is 10.6 Å². The quantitative estimate of drug-likeness (QED) is 0.310. The highest BCUT2D eigenvalue weighted by atomic mass is 16.5. The van der Waals surface area contributed by atoms with Crippen LogP contribution in [0.1, 0.15) is 19.1 Å². The van der Waals surface area contributed by atoms with E-state index < -0.39 is 0 Å². The number of terminal acetylenes is 1. The van der Waals surface area contributed by atoms with Gasteiger partial charge in [-0.1, -0.05) is 5.92 Å². The van der Waals surface area contributed by atoms with Crippen LogP contribution in [-0.4, -0.2) is 38.8 Å². The molecule has 0 radical (unpaired) electrons. The highest BCUT2D eigenvalue weighted by Gasteiger charge is 1.99. The minimum absolute atomic E-state index is 0.456. The number of nitrogens with zero attached hydrogens (tertiary/aromatic N) is 1. The molecule has 0 aliphatic rings. The fourth-order valence-corrected chi connectivity index (χ4v) is 1.57. The first-order valence-corrected chi connectivity index (χ1v) is 6.92. The Labute approximate surface area is 120 Å². The summed E-state index contributed by atoms with van der Waals surface area (Å²) in [6, 6.07) is 3.84. The lowest BCUT2D eigenvalue weighted by molar-refractivity contribution is 0.146. The molecule has 0 amide bonds. The van der Waals surface area contributed by atoms with Gasteiger partial charge in [-0.25, -0.2) is 0 Å². The largest absolute Gasteiger partial charge is 0.469 e. The molecule has 0 bridgehead atoms. The van der Waals surface area contributed by atoms with Crippen molar-refractivity contribution in [3.63, 3.8) is 0 Å². The van der Waals surface area contributed by atoms with E-state index in [4.69, 9.17) is 15.6 Å². The van der Waals surface area contributed by atoms with Crippen molar-refractivity contribution < 1.29 is 9.15 Å². The summed E-state index contributed by atoms with van der Waals surface area (Å²) >= 11 is 0. The molecule has 0 aromatic carbocycles. The van der Waals surface area contributed by atoms with E-state index in [9.17, 15) is 0 Å². The highest BCUT2D eigenvalue weighted by Crippen LogP contribution is 1.99. The van der Waals surface area contributed by atoms with Gasteiger partial charge in [0.25, 0.3) is 0 Å². The minimum Gasteiger partial charge on any atom is -0.469 e. The van der Waals surface area contributed by atoms with Crippen LogP contribution in [0.3, 0.4) is 0 Å². The average molecular weight is 277 g/mol. The van der Waals surface area contributed by atoms with Gasteiger partial charge in [0.15, 0.2) is 5.96 Å². The van der Waals surface area contributed by atoms with Crippen molar-refractivity contribution in [3.05, 3.63) is 24.2 Å². The lowest BCUT2D eigenvalue weighted by atomic mass is 10.3. The van der Waals surface area contributed by atoms with Gasteiger partial charge in [-0.05, 0) is 25.5 Å². The van der Waals surface area contributed by atoms with Crippen LogP contribution < -0.4 is 10.6 Å². The van der Waals surface area contributed by atoms with E-state index in [1.54, 1.807) is 6.26 Å². The summed E-state index contributed by atoms with van der Waals surface area (Å²) < 4.78 is 10.5. The number of furan rings is 1. The molecule has 0 fully saturated rings. The third-order valence-corrected chi connectivity index (χ3v) is 2.52. The second kappa shape index (κ2) is 10.9. The van der Waals surface area contributed by atoms with Crippen molar-refractivity contribution in [2.45, 2.75) is 19.8 Å². The fourth-order valence-electron chi connectivity index (χ4n) is 1.57. The number of rotatable bonds is 9. The molecule has 1 heterocycles. The molecule has 1 aromatic heterocycles. The van der Waals surface area contributed by atoms with E-state index in [-0.39, 0.29) is 0 Å². The zero-order chi connectivity index (χ0) is 14.5. The maximum Gasteiger partial charge on any atom is 0.192 e. The van der Waals surface area contributed by atoms with Crippen molar-refractivity contribution in [2.75, 3.05) is 32.8 Å². The third-order valence-electron chi connectivity index (χ3n) is 2.52. The van der Waals surface area contributed by atoms with Crippen molar-refractivity contribution >= 4 is 5.96 Å². The molecule has 1 rings (SSSR count). The minimum atomic E-state index is 0.456. The Balaban J connectivity index is 2.27. The summed E-state index contributed by atoms with van der Waals surface area (Å²) in [5, 5.41) is 6.30. The standard InChI is InChI=1S/C15H23N3O2/c1-3-9-16-15(17-10-6-12-19-4-2)18-11-8-14-7-5-13-20-14/h1,5,7,13H,4,6,8-12H2,2H3,(H2,16,17,18). The Bertz CT molecular complexity index is 407. The molecule has 0 spiro atoms. The Morgan fingerprint density at radius 1 is 1.50 bits per heavy atom. The van der Waals surface area contributed by atoms with E-state index in [0.29, 0.717) is 13.1 Å². The number of aliphatic imine (C=N–C) groups is 1. The zero-order valence-corrected chi connectivity index (χ0v) is 12.0. The van der Waals surface area contributed by atoms with Crippen molar-refractivity contribution in [3.8, 4) is 12.3 Å². The topological polar surface area (TPSA) is 58.8 Å². The van der Waals surface area contributed by atoms with E-state index in [0.717, 1.165) is 44.3 Å². The molecular weight excluding hydrogens is 254 g/mol. The van der Waals surface area contributed by atoms with E-state index in [2.05, 4.69) is 21.5 Å². The molecule has 0 atom stereocenters. The third kappa shape index (κ3) is 7.49. The molecule has 5 nitrogen and oxygen atoms in total. The number of guanidine groups is 1. The number of nitrogens with one attached hydrogen (secondary N) is 2. The Morgan fingerprint density at radius 2 is 2.40 bits per heavy atom. The summed E-state index contributed by atoms with van der Waals surface area (Å²) in [5.41, 5.74) is 0. The van der Waals surface area contributed by atoms with Gasteiger partial charge in [-0.3, -0.25) is 4.99 Å². The maximum absolute atomic E-state index is 5.27. The first-order chi connectivity index (χ1) is 9.86. The lowest BCUT2D eigenvalue weighted by Crippen LogP contribution is -2.38. The predicted octanol–water partition coefficient (Wildman–Crippen LogP) is 1.42. The Kier molecular flexibility index (Phi) is 8.82. The number of ether oxygens (including phenoxy) is 1. The molecule has 5 heteroatoms. The van der Waals surface area contributed by atoms with Crippen molar-refractivity contribution in [2.24, 2.45) is 4.99 Å². The molecule has 0 aliphatic heterocycles. The van der Waals surface area contributed by atoms with Crippen LogP contribution in [0.4, 0.5) is 0 Å². The number of hydrogen-bond donors (Lipinski definition) is 2. The molecule has 2 N–H and O–H groups in total. The van der Waals surface area contributed by atoms with Gasteiger partial charge < -0.3 is 19.8 Å². The monoisotopic (exact) mass is 277 g/mol. The summed E-state index contributed by atoms with van der Waals surface area (Å²) in [6.45, 7) is 5.37. The van der Waals surface area contributed by atoms with Gasteiger partial charge in [0.1, 0.15) is 5.76 Å². The van der Waals surface area contributed by atoms with E-state index in [1.165, 1.54) is 0 Å². The fraction of sp³-hybridized carbons (Fsp3) is 0.533. The highest BCUT2D eigenvalue weighted by molar-refractivity contribution is 5.80. The molecule has 0 aliphatic carbocycles. The van der Waals surface area contributed by atoms with Crippen molar-refractivity contribution in [1.29, 1.82) is 0 Å². The zero-order valence-electron chi connectivity index (χ0n) is 12.0. The van der Waals surface area contributed by atoms with Gasteiger partial charge in [0, 0.05) is 32.7 Å². The number of hydrogen-bond acceptors (Lipinski definition) is 3. The SMILES string of the molecule is C#CCNC(=NCCCOCC)NCCc1ccco1. The first kappa shape index (κ1) is 16.1. The van der Waals surface area contributed by atoms with Crippen LogP contribution in [0.25, 0.3) is 0 Å². The molecular formula is C15H23N3O2. The summed E-state index contributed by atoms with van der Waals surface area (Å²) in [7, 11) is 0. The smallest absolute Gasteiger partial charge is 0.192 e.